The van der Waals surface area contributed by atoms with Crippen LogP contribution in [0.15, 0.2) is 102 Å². The first-order chi connectivity index (χ1) is 23.1. The topological polar surface area (TPSA) is 86.8 Å². The summed E-state index contributed by atoms with van der Waals surface area (Å²) < 4.78 is 70.7. The first-order valence-electron chi connectivity index (χ1n) is 15.1. The van der Waals surface area contributed by atoms with Crippen molar-refractivity contribution in [2.45, 2.75) is 56.4 Å². The van der Waals surface area contributed by atoms with Gasteiger partial charge in [-0.2, -0.15) is 13.2 Å². The van der Waals surface area contributed by atoms with Crippen molar-refractivity contribution in [3.05, 3.63) is 129 Å². The second-order valence-electron chi connectivity index (χ2n) is 11.2. The Kier molecular flexibility index (Phi) is 12.6. The fraction of sp³-hybridized carbons (Fsp3) is 0.257. The molecule has 0 spiro atoms. The monoisotopic (exact) mass is 753 g/mol. The quantitative estimate of drug-likeness (QED) is 0.149. The minimum absolute atomic E-state index is 0.0154. The molecule has 2 amide bonds. The summed E-state index contributed by atoms with van der Waals surface area (Å²) in [4.78, 5) is 29.4. The fourth-order valence-corrected chi connectivity index (χ4v) is 7.15. The van der Waals surface area contributed by atoms with Crippen molar-refractivity contribution in [2.24, 2.45) is 0 Å². The maximum atomic E-state index is 14.6. The maximum absolute atomic E-state index is 14.6. The highest BCUT2D eigenvalue weighted by molar-refractivity contribution is 7.92. The molecule has 0 aliphatic heterocycles. The van der Waals surface area contributed by atoms with Crippen molar-refractivity contribution in [3.8, 4) is 0 Å². The molecule has 49 heavy (non-hydrogen) atoms. The predicted octanol–water partition coefficient (Wildman–Crippen LogP) is 8.42. The van der Waals surface area contributed by atoms with Gasteiger partial charge in [-0.1, -0.05) is 96.3 Å². The summed E-state index contributed by atoms with van der Waals surface area (Å²) in [6.45, 7) is 2.36. The Balaban J connectivity index is 1.89. The lowest BCUT2D eigenvalue weighted by atomic mass is 10.0. The normalized spacial score (nSPS) is 13.0. The van der Waals surface area contributed by atoms with E-state index in [9.17, 15) is 31.2 Å². The van der Waals surface area contributed by atoms with E-state index < -0.39 is 56.9 Å². The van der Waals surface area contributed by atoms with E-state index in [1.807, 2.05) is 6.92 Å². The third kappa shape index (κ3) is 9.48. The van der Waals surface area contributed by atoms with Gasteiger partial charge in [-0.15, -0.1) is 0 Å². The molecule has 0 aromatic heterocycles. The average Bonchev–Trinajstić information content (AvgIpc) is 3.06. The Morgan fingerprint density at radius 3 is 2.00 bits per heavy atom. The number of carbonyl (C=O) groups excluding carboxylic acids is 2. The number of hydrogen-bond acceptors (Lipinski definition) is 4. The van der Waals surface area contributed by atoms with Crippen LogP contribution in [0.1, 0.15) is 37.0 Å². The zero-order chi connectivity index (χ0) is 35.9. The molecule has 7 nitrogen and oxygen atoms in total. The van der Waals surface area contributed by atoms with Gasteiger partial charge < -0.3 is 10.2 Å². The molecule has 0 saturated carbocycles. The summed E-state index contributed by atoms with van der Waals surface area (Å²) >= 11 is 18.9. The zero-order valence-corrected chi connectivity index (χ0v) is 29.5. The molecule has 0 heterocycles. The van der Waals surface area contributed by atoms with E-state index in [4.69, 9.17) is 34.8 Å². The van der Waals surface area contributed by atoms with Crippen LogP contribution in [-0.4, -0.2) is 43.8 Å². The molecular weight excluding hydrogens is 722 g/mol. The number of rotatable bonds is 13. The van der Waals surface area contributed by atoms with Gasteiger partial charge >= 0.3 is 6.18 Å². The highest BCUT2D eigenvalue weighted by atomic mass is 35.5. The number of anilines is 1. The van der Waals surface area contributed by atoms with E-state index in [-0.39, 0.29) is 39.5 Å². The molecule has 4 aromatic carbocycles. The van der Waals surface area contributed by atoms with E-state index in [0.29, 0.717) is 22.4 Å². The third-order valence-corrected chi connectivity index (χ3v) is 10.6. The maximum Gasteiger partial charge on any atom is 0.417 e. The Hall–Kier alpha value is -3.77. The first kappa shape index (κ1) is 38.0. The van der Waals surface area contributed by atoms with Crippen molar-refractivity contribution >= 4 is 62.3 Å². The molecular formula is C35H33Cl3F3N3O4S. The SMILES string of the molecule is CC[C@@H](C)NC(=O)[C@@H](Cc1ccccc1)N(Cc1c(Cl)cccc1Cl)C(=O)CN(c1ccc(Cl)c(C(F)(F)F)c1)S(=O)(=O)c1ccccc1. The largest absolute Gasteiger partial charge is 0.417 e. The number of alkyl halides is 3. The van der Waals surface area contributed by atoms with E-state index >= 15 is 0 Å². The van der Waals surface area contributed by atoms with Crippen LogP contribution in [0.5, 0.6) is 0 Å². The van der Waals surface area contributed by atoms with Gasteiger partial charge in [-0.05, 0) is 61.4 Å². The predicted molar refractivity (Wildman–Crippen MR) is 186 cm³/mol. The van der Waals surface area contributed by atoms with Crippen molar-refractivity contribution in [1.29, 1.82) is 0 Å². The molecule has 1 N–H and O–H groups in total. The van der Waals surface area contributed by atoms with Crippen LogP contribution in [0.3, 0.4) is 0 Å². The van der Waals surface area contributed by atoms with Crippen molar-refractivity contribution in [2.75, 3.05) is 10.8 Å². The van der Waals surface area contributed by atoms with Crippen molar-refractivity contribution in [1.82, 2.24) is 10.2 Å². The first-order valence-corrected chi connectivity index (χ1v) is 17.7. The van der Waals surface area contributed by atoms with E-state index in [0.717, 1.165) is 17.0 Å². The minimum atomic E-state index is -4.93. The van der Waals surface area contributed by atoms with Crippen molar-refractivity contribution < 1.29 is 31.2 Å². The molecule has 0 aliphatic carbocycles. The van der Waals surface area contributed by atoms with Crippen LogP contribution in [0, 0.1) is 0 Å². The Morgan fingerprint density at radius 1 is 0.837 bits per heavy atom. The fourth-order valence-electron chi connectivity index (χ4n) is 4.98. The molecule has 4 rings (SSSR count). The number of carbonyl (C=O) groups is 2. The van der Waals surface area contributed by atoms with Gasteiger partial charge in [0.25, 0.3) is 10.0 Å². The minimum Gasteiger partial charge on any atom is -0.352 e. The van der Waals surface area contributed by atoms with Gasteiger partial charge in [0.2, 0.25) is 11.8 Å². The lowest BCUT2D eigenvalue weighted by Crippen LogP contribution is -2.54. The van der Waals surface area contributed by atoms with Crippen LogP contribution in [0.4, 0.5) is 18.9 Å². The number of nitrogens with one attached hydrogen (secondary N) is 1. The van der Waals surface area contributed by atoms with Crippen LogP contribution in [-0.2, 0) is 38.8 Å². The third-order valence-electron chi connectivity index (χ3n) is 7.82. The van der Waals surface area contributed by atoms with E-state index in [1.54, 1.807) is 61.5 Å². The van der Waals surface area contributed by atoms with E-state index in [2.05, 4.69) is 5.32 Å². The molecule has 260 valence electrons. The number of amides is 2. The summed E-state index contributed by atoms with van der Waals surface area (Å²) in [5.41, 5.74) is -0.775. The van der Waals surface area contributed by atoms with Crippen LogP contribution < -0.4 is 9.62 Å². The summed E-state index contributed by atoms with van der Waals surface area (Å²) in [7, 11) is -4.65. The molecule has 14 heteroatoms. The molecule has 0 radical (unpaired) electrons. The molecule has 0 unspecified atom stereocenters. The number of hydrogen-bond donors (Lipinski definition) is 1. The van der Waals surface area contributed by atoms with Crippen LogP contribution >= 0.6 is 34.8 Å². The number of sulfonamides is 1. The molecule has 0 bridgehead atoms. The van der Waals surface area contributed by atoms with Gasteiger partial charge in [0.05, 0.1) is 21.2 Å². The molecule has 4 aromatic rings. The molecule has 0 fully saturated rings. The summed E-state index contributed by atoms with van der Waals surface area (Å²) in [5, 5.41) is 2.62. The lowest BCUT2D eigenvalue weighted by molar-refractivity contribution is -0.140. The van der Waals surface area contributed by atoms with Crippen molar-refractivity contribution in [3.63, 3.8) is 0 Å². The lowest BCUT2D eigenvalue weighted by Gasteiger charge is -2.34. The highest BCUT2D eigenvalue weighted by Gasteiger charge is 2.38. The van der Waals surface area contributed by atoms with Gasteiger partial charge in [0.15, 0.2) is 0 Å². The highest BCUT2D eigenvalue weighted by Crippen LogP contribution is 2.38. The van der Waals surface area contributed by atoms with Gasteiger partial charge in [-0.3, -0.25) is 13.9 Å². The Morgan fingerprint density at radius 2 is 1.43 bits per heavy atom. The van der Waals surface area contributed by atoms with Gasteiger partial charge in [0, 0.05) is 34.6 Å². The summed E-state index contributed by atoms with van der Waals surface area (Å²) in [6, 6.07) is 21.6. The molecule has 0 saturated heterocycles. The van der Waals surface area contributed by atoms with E-state index in [1.165, 1.54) is 24.3 Å². The summed E-state index contributed by atoms with van der Waals surface area (Å²) in [6.07, 6.45) is -4.34. The Bertz CT molecular complexity index is 1860. The number of nitrogens with zero attached hydrogens (tertiary/aromatic N) is 2. The second-order valence-corrected chi connectivity index (χ2v) is 14.3. The smallest absolute Gasteiger partial charge is 0.352 e. The number of halogens is 6. The molecule has 0 aliphatic rings. The van der Waals surface area contributed by atoms with Crippen LogP contribution in [0.25, 0.3) is 0 Å². The summed E-state index contributed by atoms with van der Waals surface area (Å²) in [5.74, 6) is -1.43. The molecule has 2 atom stereocenters. The van der Waals surface area contributed by atoms with Gasteiger partial charge in [0.1, 0.15) is 12.6 Å². The number of benzene rings is 4. The second kappa shape index (κ2) is 16.3. The zero-order valence-electron chi connectivity index (χ0n) is 26.4. The van der Waals surface area contributed by atoms with Gasteiger partial charge in [-0.25, -0.2) is 8.42 Å². The Labute approximate surface area is 298 Å². The standard InChI is InChI=1S/C35H33Cl3F3N3O4S/c1-3-23(2)42-34(46)32(19-24-11-6-4-7-12-24)43(21-27-29(36)15-10-16-30(27)37)33(45)22-44(49(47,48)26-13-8-5-9-14-26)25-17-18-31(38)28(20-25)35(39,40)41/h4-18,20,23,32H,3,19,21-22H2,1-2H3,(H,42,46)/t23-,32-/m1/s1. The average molecular weight is 755 g/mol. The van der Waals surface area contributed by atoms with Crippen LogP contribution in [0.2, 0.25) is 15.1 Å².